The van der Waals surface area contributed by atoms with Crippen LogP contribution in [0, 0.1) is 11.8 Å². The first-order valence-corrected chi connectivity index (χ1v) is 8.08. The second-order valence-corrected chi connectivity index (χ2v) is 6.12. The molecule has 1 atom stereocenters. The molecule has 0 aromatic rings. The fourth-order valence-electron chi connectivity index (χ4n) is 1.99. The van der Waals surface area contributed by atoms with E-state index in [0.717, 1.165) is 18.4 Å². The Labute approximate surface area is 107 Å². The van der Waals surface area contributed by atoms with Crippen LogP contribution in [0.1, 0.15) is 52.4 Å². The van der Waals surface area contributed by atoms with Crippen LogP contribution in [0.25, 0.3) is 0 Å². The third-order valence-electron chi connectivity index (χ3n) is 3.03. The second-order valence-electron chi connectivity index (χ2n) is 5.13. The number of ether oxygens (including phenoxy) is 1. The van der Waals surface area contributed by atoms with E-state index in [1.165, 1.54) is 44.3 Å². The summed E-state index contributed by atoms with van der Waals surface area (Å²) in [7, 11) is 1.82. The Morgan fingerprint density at radius 3 is 2.25 bits per heavy atom. The van der Waals surface area contributed by atoms with E-state index in [4.69, 9.17) is 4.74 Å². The van der Waals surface area contributed by atoms with Gasteiger partial charge in [-0.25, -0.2) is 0 Å². The summed E-state index contributed by atoms with van der Waals surface area (Å²) in [6, 6.07) is 0. The molecule has 0 bridgehead atoms. The smallest absolute Gasteiger partial charge is 0.0490 e. The molecule has 98 valence electrons. The van der Waals surface area contributed by atoms with Crippen molar-refractivity contribution in [1.29, 1.82) is 0 Å². The summed E-state index contributed by atoms with van der Waals surface area (Å²) < 4.78 is 5.29. The average molecular weight is 246 g/mol. The van der Waals surface area contributed by atoms with Gasteiger partial charge < -0.3 is 4.74 Å². The number of rotatable bonds is 11. The first-order valence-electron chi connectivity index (χ1n) is 6.68. The Morgan fingerprint density at radius 1 is 1.00 bits per heavy atom. The van der Waals surface area contributed by atoms with Gasteiger partial charge in [0.05, 0.1) is 0 Å². The molecule has 0 spiro atoms. The Balaban J connectivity index is 3.43. The molecule has 16 heavy (non-hydrogen) atoms. The topological polar surface area (TPSA) is 9.23 Å². The van der Waals surface area contributed by atoms with Crippen LogP contribution >= 0.6 is 11.8 Å². The van der Waals surface area contributed by atoms with Gasteiger partial charge in [0.1, 0.15) is 0 Å². The highest BCUT2D eigenvalue weighted by Crippen LogP contribution is 2.17. The molecule has 0 radical (unpaired) electrons. The highest BCUT2D eigenvalue weighted by molar-refractivity contribution is 7.98. The molecule has 0 aliphatic heterocycles. The highest BCUT2D eigenvalue weighted by atomic mass is 32.2. The molecule has 0 saturated carbocycles. The summed E-state index contributed by atoms with van der Waals surface area (Å²) in [5.41, 5.74) is 0. The number of hydrogen-bond donors (Lipinski definition) is 0. The minimum Gasteiger partial charge on any atom is -0.384 e. The van der Waals surface area contributed by atoms with Crippen molar-refractivity contribution in [2.45, 2.75) is 52.4 Å². The molecule has 0 aliphatic carbocycles. The lowest BCUT2D eigenvalue weighted by Crippen LogP contribution is -2.09. The van der Waals surface area contributed by atoms with Crippen molar-refractivity contribution in [1.82, 2.24) is 0 Å². The molecule has 0 fully saturated rings. The highest BCUT2D eigenvalue weighted by Gasteiger charge is 2.07. The normalized spacial score (nSPS) is 13.3. The van der Waals surface area contributed by atoms with E-state index >= 15 is 0 Å². The van der Waals surface area contributed by atoms with E-state index < -0.39 is 0 Å². The van der Waals surface area contributed by atoms with Crippen molar-refractivity contribution in [2.24, 2.45) is 11.8 Å². The van der Waals surface area contributed by atoms with Crippen LogP contribution < -0.4 is 0 Å². The fraction of sp³-hybridized carbons (Fsp3) is 1.00. The number of thioether (sulfide) groups is 1. The van der Waals surface area contributed by atoms with E-state index in [1.54, 1.807) is 0 Å². The van der Waals surface area contributed by atoms with Gasteiger partial charge in [0.2, 0.25) is 0 Å². The number of hydrogen-bond acceptors (Lipinski definition) is 2. The largest absolute Gasteiger partial charge is 0.384 e. The van der Waals surface area contributed by atoms with Crippen molar-refractivity contribution in [3.05, 3.63) is 0 Å². The van der Waals surface area contributed by atoms with E-state index in [1.807, 2.05) is 18.9 Å². The van der Waals surface area contributed by atoms with Crippen LogP contribution in [0.5, 0.6) is 0 Å². The fourth-order valence-corrected chi connectivity index (χ4v) is 2.56. The molecule has 0 rings (SSSR count). The molecule has 0 aromatic carbocycles. The van der Waals surface area contributed by atoms with Crippen molar-refractivity contribution in [2.75, 3.05) is 25.7 Å². The molecule has 0 unspecified atom stereocenters. The van der Waals surface area contributed by atoms with Gasteiger partial charge in [0.15, 0.2) is 0 Å². The summed E-state index contributed by atoms with van der Waals surface area (Å²) in [4.78, 5) is 0. The maximum atomic E-state index is 5.29. The first-order chi connectivity index (χ1) is 7.70. The van der Waals surface area contributed by atoms with E-state index in [0.29, 0.717) is 0 Å². The van der Waals surface area contributed by atoms with Crippen molar-refractivity contribution >= 4 is 11.8 Å². The summed E-state index contributed by atoms with van der Waals surface area (Å²) in [5.74, 6) is 2.93. The zero-order valence-electron chi connectivity index (χ0n) is 11.6. The van der Waals surface area contributed by atoms with Gasteiger partial charge in [-0.2, -0.15) is 11.8 Å². The maximum absolute atomic E-state index is 5.29. The maximum Gasteiger partial charge on any atom is 0.0490 e. The van der Waals surface area contributed by atoms with Crippen LogP contribution in [-0.2, 0) is 4.74 Å². The molecule has 2 heteroatoms. The van der Waals surface area contributed by atoms with E-state index in [2.05, 4.69) is 20.1 Å². The molecule has 0 aliphatic rings. The lowest BCUT2D eigenvalue weighted by atomic mass is 9.97. The summed E-state index contributed by atoms with van der Waals surface area (Å²) >= 11 is 1.95. The van der Waals surface area contributed by atoms with Crippen molar-refractivity contribution < 1.29 is 4.74 Å². The molecule has 0 heterocycles. The van der Waals surface area contributed by atoms with Crippen LogP contribution in [0.4, 0.5) is 0 Å². The quantitative estimate of drug-likeness (QED) is 0.492. The Hall–Kier alpha value is 0.310. The Morgan fingerprint density at radius 2 is 1.69 bits per heavy atom. The first kappa shape index (κ1) is 16.3. The minimum atomic E-state index is 0.788. The van der Waals surface area contributed by atoms with Gasteiger partial charge >= 0.3 is 0 Å². The van der Waals surface area contributed by atoms with Gasteiger partial charge in [-0.05, 0) is 36.7 Å². The predicted molar refractivity (Wildman–Crippen MR) is 76.3 cm³/mol. The molecule has 1 nitrogen and oxygen atoms in total. The van der Waals surface area contributed by atoms with Crippen LogP contribution in [-0.4, -0.2) is 25.7 Å². The van der Waals surface area contributed by atoms with E-state index in [9.17, 15) is 0 Å². The lowest BCUT2D eigenvalue weighted by Gasteiger charge is -2.15. The van der Waals surface area contributed by atoms with Crippen LogP contribution in [0.3, 0.4) is 0 Å². The van der Waals surface area contributed by atoms with Gasteiger partial charge in [-0.3, -0.25) is 0 Å². The summed E-state index contributed by atoms with van der Waals surface area (Å²) in [6.07, 6.45) is 10.4. The predicted octanol–water partition coefficient (Wildman–Crippen LogP) is 4.61. The van der Waals surface area contributed by atoms with Gasteiger partial charge in [0.25, 0.3) is 0 Å². The third kappa shape index (κ3) is 10.8. The SMILES string of the molecule is COC[C@@H](CCCCCC(C)C)CCSC. The number of methoxy groups -OCH3 is 1. The lowest BCUT2D eigenvalue weighted by molar-refractivity contribution is 0.144. The van der Waals surface area contributed by atoms with Crippen molar-refractivity contribution in [3.8, 4) is 0 Å². The molecule has 0 N–H and O–H groups in total. The number of unbranched alkanes of at least 4 members (excludes halogenated alkanes) is 2. The van der Waals surface area contributed by atoms with Gasteiger partial charge in [-0.15, -0.1) is 0 Å². The van der Waals surface area contributed by atoms with Crippen LogP contribution in [0.2, 0.25) is 0 Å². The van der Waals surface area contributed by atoms with Crippen molar-refractivity contribution in [3.63, 3.8) is 0 Å². The van der Waals surface area contributed by atoms with Gasteiger partial charge in [0, 0.05) is 13.7 Å². The molecule has 0 aromatic heterocycles. The zero-order chi connectivity index (χ0) is 12.2. The van der Waals surface area contributed by atoms with Crippen LogP contribution in [0.15, 0.2) is 0 Å². The average Bonchev–Trinajstić information content (AvgIpc) is 2.24. The monoisotopic (exact) mass is 246 g/mol. The summed E-state index contributed by atoms with van der Waals surface area (Å²) in [5, 5.41) is 0. The second kappa shape index (κ2) is 11.8. The zero-order valence-corrected chi connectivity index (χ0v) is 12.4. The Bertz CT molecular complexity index is 137. The molecular weight excluding hydrogens is 216 g/mol. The van der Waals surface area contributed by atoms with Gasteiger partial charge in [-0.1, -0.05) is 39.5 Å². The minimum absolute atomic E-state index is 0.788. The van der Waals surface area contributed by atoms with E-state index in [-0.39, 0.29) is 0 Å². The Kier molecular flexibility index (Phi) is 12.0. The molecular formula is C14H30OS. The molecule has 0 amide bonds. The summed E-state index contributed by atoms with van der Waals surface area (Å²) in [6.45, 7) is 5.57. The standard InChI is InChI=1S/C14H30OS/c1-13(2)8-6-5-7-9-14(12-15-3)10-11-16-4/h13-14H,5-12H2,1-4H3/t14-/m0/s1. The molecule has 0 saturated heterocycles. The third-order valence-corrected chi connectivity index (χ3v) is 3.67.